The van der Waals surface area contributed by atoms with Crippen LogP contribution < -0.4 is 4.74 Å². The number of ether oxygens (including phenoxy) is 1. The van der Waals surface area contributed by atoms with Crippen LogP contribution in [0.15, 0.2) is 48.5 Å². The van der Waals surface area contributed by atoms with Crippen LogP contribution in [0.3, 0.4) is 0 Å². The van der Waals surface area contributed by atoms with Crippen molar-refractivity contribution in [1.29, 1.82) is 0 Å². The molecule has 0 spiro atoms. The highest BCUT2D eigenvalue weighted by molar-refractivity contribution is 5.90. The average molecular weight is 228 g/mol. The number of carbonyl (C=O) groups is 1. The van der Waals surface area contributed by atoms with Crippen LogP contribution in [0.4, 0.5) is 0 Å². The third kappa shape index (κ3) is 2.64. The van der Waals surface area contributed by atoms with Crippen LogP contribution in [0.25, 0.3) is 0 Å². The van der Waals surface area contributed by atoms with Crippen molar-refractivity contribution in [3.63, 3.8) is 0 Å². The van der Waals surface area contributed by atoms with Crippen LogP contribution in [0.1, 0.15) is 15.9 Å². The zero-order chi connectivity index (χ0) is 12.3. The van der Waals surface area contributed by atoms with E-state index < -0.39 is 5.97 Å². The Morgan fingerprint density at radius 2 is 1.82 bits per heavy atom. The fraction of sp³-hybridized carbons (Fsp3) is 0.0714. The van der Waals surface area contributed by atoms with Crippen LogP contribution in [0.5, 0.6) is 11.5 Å². The summed E-state index contributed by atoms with van der Waals surface area (Å²) in [6, 6.07) is 13.5. The fourth-order valence-corrected chi connectivity index (χ4v) is 1.43. The molecule has 3 nitrogen and oxygen atoms in total. The summed E-state index contributed by atoms with van der Waals surface area (Å²) in [7, 11) is 0. The summed E-state index contributed by atoms with van der Waals surface area (Å²) in [6.07, 6.45) is 0. The van der Waals surface area contributed by atoms with Crippen molar-refractivity contribution in [2.45, 2.75) is 6.92 Å². The lowest BCUT2D eigenvalue weighted by molar-refractivity contribution is 0.0734. The molecule has 2 rings (SSSR count). The first kappa shape index (κ1) is 11.2. The SMILES string of the molecule is Cc1cc(OC(=O)c2ccccc2)ccc1O. The first-order valence-electron chi connectivity index (χ1n) is 5.23. The number of phenols is 1. The molecule has 0 fully saturated rings. The Morgan fingerprint density at radius 3 is 2.47 bits per heavy atom. The topological polar surface area (TPSA) is 46.5 Å². The smallest absolute Gasteiger partial charge is 0.343 e. The molecule has 0 saturated carbocycles. The summed E-state index contributed by atoms with van der Waals surface area (Å²) < 4.78 is 5.19. The minimum absolute atomic E-state index is 0.185. The number of aryl methyl sites for hydroxylation is 1. The molecule has 2 aromatic carbocycles. The molecule has 0 atom stereocenters. The first-order valence-corrected chi connectivity index (χ1v) is 5.23. The van der Waals surface area contributed by atoms with Crippen molar-refractivity contribution in [3.8, 4) is 11.5 Å². The molecule has 0 radical (unpaired) electrons. The third-order valence-corrected chi connectivity index (χ3v) is 2.39. The van der Waals surface area contributed by atoms with Gasteiger partial charge in [-0.25, -0.2) is 4.79 Å². The van der Waals surface area contributed by atoms with Gasteiger partial charge in [-0.05, 0) is 42.8 Å². The maximum absolute atomic E-state index is 11.7. The Labute approximate surface area is 99.3 Å². The monoisotopic (exact) mass is 228 g/mol. The largest absolute Gasteiger partial charge is 0.508 e. The molecule has 1 N–H and O–H groups in total. The van der Waals surface area contributed by atoms with E-state index in [0.717, 1.165) is 0 Å². The van der Waals surface area contributed by atoms with Crippen molar-refractivity contribution in [2.24, 2.45) is 0 Å². The molecule has 17 heavy (non-hydrogen) atoms. The molecule has 0 aliphatic carbocycles. The zero-order valence-electron chi connectivity index (χ0n) is 9.38. The van der Waals surface area contributed by atoms with E-state index in [0.29, 0.717) is 16.9 Å². The minimum atomic E-state index is -0.407. The zero-order valence-corrected chi connectivity index (χ0v) is 9.38. The number of hydrogen-bond donors (Lipinski definition) is 1. The second kappa shape index (κ2) is 4.70. The molecule has 2 aromatic rings. The summed E-state index contributed by atoms with van der Waals surface area (Å²) in [5, 5.41) is 9.35. The van der Waals surface area contributed by atoms with Crippen LogP contribution in [0.2, 0.25) is 0 Å². The number of aromatic hydroxyl groups is 1. The molecule has 3 heteroatoms. The Kier molecular flexibility index (Phi) is 3.10. The van der Waals surface area contributed by atoms with Gasteiger partial charge in [-0.3, -0.25) is 0 Å². The van der Waals surface area contributed by atoms with Gasteiger partial charge in [-0.1, -0.05) is 18.2 Å². The highest BCUT2D eigenvalue weighted by Gasteiger charge is 2.08. The summed E-state index contributed by atoms with van der Waals surface area (Å²) in [5.74, 6) is 0.203. The maximum atomic E-state index is 11.7. The van der Waals surface area contributed by atoms with Gasteiger partial charge in [0.1, 0.15) is 11.5 Å². The van der Waals surface area contributed by atoms with Gasteiger partial charge < -0.3 is 9.84 Å². The number of esters is 1. The lowest BCUT2D eigenvalue weighted by Gasteiger charge is -2.05. The van der Waals surface area contributed by atoms with Gasteiger partial charge in [0.05, 0.1) is 5.56 Å². The predicted molar refractivity (Wildman–Crippen MR) is 64.2 cm³/mol. The van der Waals surface area contributed by atoms with Gasteiger partial charge in [0, 0.05) is 0 Å². The van der Waals surface area contributed by atoms with Crippen molar-refractivity contribution in [3.05, 3.63) is 59.7 Å². The van der Waals surface area contributed by atoms with Crippen molar-refractivity contribution >= 4 is 5.97 Å². The van der Waals surface area contributed by atoms with Crippen LogP contribution >= 0.6 is 0 Å². The molecular weight excluding hydrogens is 216 g/mol. The van der Waals surface area contributed by atoms with Crippen LogP contribution in [-0.2, 0) is 0 Å². The average Bonchev–Trinajstić information content (AvgIpc) is 2.35. The second-order valence-electron chi connectivity index (χ2n) is 3.70. The molecule has 0 saturated heterocycles. The van der Waals surface area contributed by atoms with E-state index in [2.05, 4.69) is 0 Å². The first-order chi connectivity index (χ1) is 8.16. The Bertz CT molecular complexity index is 532. The van der Waals surface area contributed by atoms with E-state index >= 15 is 0 Å². The van der Waals surface area contributed by atoms with Gasteiger partial charge in [0.2, 0.25) is 0 Å². The third-order valence-electron chi connectivity index (χ3n) is 2.39. The number of hydrogen-bond acceptors (Lipinski definition) is 3. The summed E-state index contributed by atoms with van der Waals surface area (Å²) in [6.45, 7) is 1.75. The lowest BCUT2D eigenvalue weighted by Crippen LogP contribution is -2.08. The Morgan fingerprint density at radius 1 is 1.12 bits per heavy atom. The number of benzene rings is 2. The van der Waals surface area contributed by atoms with E-state index in [9.17, 15) is 9.90 Å². The fourth-order valence-electron chi connectivity index (χ4n) is 1.43. The van der Waals surface area contributed by atoms with E-state index in [1.54, 1.807) is 43.3 Å². The molecule has 0 aromatic heterocycles. The van der Waals surface area contributed by atoms with Crippen molar-refractivity contribution < 1.29 is 14.6 Å². The predicted octanol–water partition coefficient (Wildman–Crippen LogP) is 2.92. The highest BCUT2D eigenvalue weighted by Crippen LogP contribution is 2.22. The normalized spacial score (nSPS) is 9.94. The van der Waals surface area contributed by atoms with E-state index in [4.69, 9.17) is 4.74 Å². The highest BCUT2D eigenvalue weighted by atomic mass is 16.5. The van der Waals surface area contributed by atoms with Crippen LogP contribution in [-0.4, -0.2) is 11.1 Å². The van der Waals surface area contributed by atoms with Gasteiger partial charge in [-0.2, -0.15) is 0 Å². The molecule has 86 valence electrons. The molecular formula is C14H12O3. The van der Waals surface area contributed by atoms with Gasteiger partial charge in [0.15, 0.2) is 0 Å². The maximum Gasteiger partial charge on any atom is 0.343 e. The van der Waals surface area contributed by atoms with Crippen molar-refractivity contribution in [1.82, 2.24) is 0 Å². The quantitative estimate of drug-likeness (QED) is 0.635. The lowest BCUT2D eigenvalue weighted by atomic mass is 10.2. The molecule has 0 aliphatic rings. The number of carbonyl (C=O) groups excluding carboxylic acids is 1. The molecule has 0 aliphatic heterocycles. The second-order valence-corrected chi connectivity index (χ2v) is 3.70. The van der Waals surface area contributed by atoms with Crippen LogP contribution in [0, 0.1) is 6.92 Å². The van der Waals surface area contributed by atoms with E-state index in [1.165, 1.54) is 6.07 Å². The molecule has 0 bridgehead atoms. The molecule has 0 amide bonds. The number of rotatable bonds is 2. The van der Waals surface area contributed by atoms with E-state index in [-0.39, 0.29) is 5.75 Å². The summed E-state index contributed by atoms with van der Waals surface area (Å²) >= 11 is 0. The Hall–Kier alpha value is -2.29. The van der Waals surface area contributed by atoms with E-state index in [1.807, 2.05) is 6.07 Å². The minimum Gasteiger partial charge on any atom is -0.508 e. The standard InChI is InChI=1S/C14H12O3/c1-10-9-12(7-8-13(10)15)17-14(16)11-5-3-2-4-6-11/h2-9,15H,1H3. The number of phenolic OH excluding ortho intramolecular Hbond substituents is 1. The van der Waals surface area contributed by atoms with Gasteiger partial charge in [0.25, 0.3) is 0 Å². The summed E-state index contributed by atoms with van der Waals surface area (Å²) in [5.41, 5.74) is 1.17. The summed E-state index contributed by atoms with van der Waals surface area (Å²) in [4.78, 5) is 11.7. The van der Waals surface area contributed by atoms with Gasteiger partial charge in [-0.15, -0.1) is 0 Å². The van der Waals surface area contributed by atoms with Gasteiger partial charge >= 0.3 is 5.97 Å². The molecule has 0 heterocycles. The Balaban J connectivity index is 2.16. The molecule has 0 unspecified atom stereocenters. The van der Waals surface area contributed by atoms with Crippen molar-refractivity contribution in [2.75, 3.05) is 0 Å².